The van der Waals surface area contributed by atoms with Crippen LogP contribution in [0.2, 0.25) is 16.7 Å². The van der Waals surface area contributed by atoms with Gasteiger partial charge in [0.15, 0.2) is 0 Å². The Hall–Kier alpha value is -1.08. The third kappa shape index (κ3) is 8.21. The van der Waals surface area contributed by atoms with E-state index in [-0.39, 0.29) is 13.0 Å². The summed E-state index contributed by atoms with van der Waals surface area (Å²) in [6.45, 7) is 4.76. The van der Waals surface area contributed by atoms with Gasteiger partial charge in [0.05, 0.1) is 0 Å². The van der Waals surface area contributed by atoms with Crippen molar-refractivity contribution in [2.45, 2.75) is 75.1 Å². The molecule has 0 bridgehead atoms. The van der Waals surface area contributed by atoms with Crippen LogP contribution >= 0.6 is 0 Å². The molecule has 1 fully saturated rings. The molecule has 0 spiro atoms. The molecule has 0 radical (unpaired) electrons. The first kappa shape index (κ1) is 24.0. The summed E-state index contributed by atoms with van der Waals surface area (Å²) in [5.74, 6) is -2.57. The van der Waals surface area contributed by atoms with Gasteiger partial charge in [0, 0.05) is 0 Å². The molecule has 0 unspecified atom stereocenters. The summed E-state index contributed by atoms with van der Waals surface area (Å²) in [4.78, 5) is 46.3. The zero-order valence-corrected chi connectivity index (χ0v) is 19.7. The minimum absolute atomic E-state index is 0.270. The molecule has 9 nitrogen and oxygen atoms in total. The van der Waals surface area contributed by atoms with Crippen molar-refractivity contribution < 1.29 is 42.9 Å². The Morgan fingerprint density at radius 1 is 0.778 bits per heavy atom. The second-order valence-corrected chi connectivity index (χ2v) is 21.4. The average Bonchev–Trinajstić information content (AvgIpc) is 2.49. The van der Waals surface area contributed by atoms with Crippen LogP contribution in [0.15, 0.2) is 0 Å². The Labute approximate surface area is 167 Å². The van der Waals surface area contributed by atoms with E-state index >= 15 is 0 Å². The van der Waals surface area contributed by atoms with Gasteiger partial charge in [-0.3, -0.25) is 0 Å². The molecule has 0 aromatic carbocycles. The van der Waals surface area contributed by atoms with E-state index in [4.69, 9.17) is 23.7 Å². The fourth-order valence-corrected chi connectivity index (χ4v) is 8.82. The van der Waals surface area contributed by atoms with Crippen LogP contribution in [0.1, 0.15) is 27.7 Å². The maximum atomic E-state index is 11.6. The summed E-state index contributed by atoms with van der Waals surface area (Å²) in [5, 5.41) is 0.584. The summed E-state index contributed by atoms with van der Waals surface area (Å²) in [6.07, 6.45) is -5.29. The fourth-order valence-electron chi connectivity index (χ4n) is 2.47. The predicted octanol–water partition coefficient (Wildman–Crippen LogP) is 0.443. The quantitative estimate of drug-likeness (QED) is 0.271. The van der Waals surface area contributed by atoms with Crippen molar-refractivity contribution >= 4 is 49.6 Å². The number of ether oxygens (including phenoxy) is 5. The van der Waals surface area contributed by atoms with Crippen LogP contribution in [0, 0.1) is 0 Å². The molecule has 27 heavy (non-hydrogen) atoms. The molecule has 0 saturated carbocycles. The number of esters is 4. The van der Waals surface area contributed by atoms with Gasteiger partial charge in [0.2, 0.25) is 0 Å². The molecule has 1 aliphatic heterocycles. The Kier molecular flexibility index (Phi) is 9.80. The molecule has 0 aromatic rings. The van der Waals surface area contributed by atoms with Crippen LogP contribution in [0.25, 0.3) is 0 Å². The van der Waals surface area contributed by atoms with Gasteiger partial charge in [-0.2, -0.15) is 0 Å². The van der Waals surface area contributed by atoms with Gasteiger partial charge in [-0.1, -0.05) is 0 Å². The summed E-state index contributed by atoms with van der Waals surface area (Å²) in [7, 11) is 0. The van der Waals surface area contributed by atoms with E-state index in [1.54, 1.807) is 0 Å². The Bertz CT molecular complexity index is 568. The molecule has 1 heterocycles. The van der Waals surface area contributed by atoms with Gasteiger partial charge in [0.25, 0.3) is 0 Å². The van der Waals surface area contributed by atoms with E-state index in [1.807, 2.05) is 0 Å². The first-order valence-electron chi connectivity index (χ1n) is 8.15. The van der Waals surface area contributed by atoms with E-state index in [0.717, 1.165) is 6.92 Å². The third-order valence-electron chi connectivity index (χ3n) is 3.28. The normalized spacial score (nSPS) is 27.6. The standard InChI is InChI=1S/C16H25AsO9Se/c1-8(18)22-13-12(7-27-17(5)6)26-16(25-11(4)21)15(24-10(3)20)14(13)23-9(2)19/h12-16H,7H2,1-6H3/t12-,13-,14+,15-,16-/m1/s1. The summed E-state index contributed by atoms with van der Waals surface area (Å²) < 4.78 is 26.9. The molecule has 0 aliphatic carbocycles. The molecule has 1 saturated heterocycles. The number of hydrogen-bond donors (Lipinski definition) is 0. The first-order valence-corrected chi connectivity index (χ1v) is 17.9. The van der Waals surface area contributed by atoms with Crippen LogP contribution in [0.4, 0.5) is 0 Å². The van der Waals surface area contributed by atoms with Crippen LogP contribution in [-0.2, 0) is 42.9 Å². The van der Waals surface area contributed by atoms with Crippen molar-refractivity contribution in [3.8, 4) is 0 Å². The van der Waals surface area contributed by atoms with Crippen molar-refractivity contribution in [3.05, 3.63) is 0 Å². The van der Waals surface area contributed by atoms with Crippen LogP contribution in [0.5, 0.6) is 0 Å². The van der Waals surface area contributed by atoms with Gasteiger partial charge in [-0.15, -0.1) is 0 Å². The Balaban J connectivity index is 3.27. The van der Waals surface area contributed by atoms with E-state index in [1.165, 1.54) is 20.8 Å². The van der Waals surface area contributed by atoms with Crippen molar-refractivity contribution in [2.24, 2.45) is 0 Å². The molecule has 1 aliphatic rings. The van der Waals surface area contributed by atoms with Crippen LogP contribution < -0.4 is 0 Å². The fraction of sp³-hybridized carbons (Fsp3) is 0.750. The van der Waals surface area contributed by atoms with Crippen molar-refractivity contribution in [1.29, 1.82) is 0 Å². The monoisotopic (exact) mass is 516 g/mol. The van der Waals surface area contributed by atoms with E-state index < -0.39 is 67.4 Å². The number of carbonyl (C=O) groups is 4. The Morgan fingerprint density at radius 2 is 1.22 bits per heavy atom. The van der Waals surface area contributed by atoms with E-state index in [9.17, 15) is 19.2 Å². The van der Waals surface area contributed by atoms with Crippen LogP contribution in [0.3, 0.4) is 0 Å². The molecule has 1 rings (SSSR count). The molecule has 0 N–H and O–H groups in total. The minimum atomic E-state index is -1.27. The third-order valence-corrected chi connectivity index (χ3v) is 12.6. The number of rotatable bonds is 7. The molecular weight excluding hydrogens is 490 g/mol. The molecule has 11 heteroatoms. The average molecular weight is 515 g/mol. The van der Waals surface area contributed by atoms with Gasteiger partial charge in [0.1, 0.15) is 0 Å². The van der Waals surface area contributed by atoms with Gasteiger partial charge < -0.3 is 0 Å². The molecular formula is C16H25AsO9Se. The summed E-state index contributed by atoms with van der Waals surface area (Å²) in [5.41, 5.74) is 4.37. The van der Waals surface area contributed by atoms with Crippen molar-refractivity contribution in [3.63, 3.8) is 0 Å². The zero-order valence-electron chi connectivity index (χ0n) is 16.1. The van der Waals surface area contributed by atoms with Gasteiger partial charge in [-0.25, -0.2) is 0 Å². The number of carbonyl (C=O) groups excluding carboxylic acids is 4. The topological polar surface area (TPSA) is 114 Å². The molecule has 0 aromatic heterocycles. The maximum absolute atomic E-state index is 11.6. The second-order valence-electron chi connectivity index (χ2n) is 5.98. The summed E-state index contributed by atoms with van der Waals surface area (Å²) in [6, 6.07) is 0. The molecule has 154 valence electrons. The predicted molar refractivity (Wildman–Crippen MR) is 95.1 cm³/mol. The van der Waals surface area contributed by atoms with Gasteiger partial charge in [-0.05, 0) is 0 Å². The zero-order chi connectivity index (χ0) is 20.7. The van der Waals surface area contributed by atoms with E-state index in [2.05, 4.69) is 11.4 Å². The van der Waals surface area contributed by atoms with Gasteiger partial charge >= 0.3 is 168 Å². The SMILES string of the molecule is CC(=O)O[C@@H]1O[C@H](C[Se][As](C)C)[C@@H](OC(C)=O)[C@H](OC(C)=O)[C@H]1OC(C)=O. The van der Waals surface area contributed by atoms with Crippen molar-refractivity contribution in [2.75, 3.05) is 0 Å². The first-order chi connectivity index (χ1) is 12.5. The molecule has 5 atom stereocenters. The van der Waals surface area contributed by atoms with Crippen LogP contribution in [-0.4, -0.2) is 80.3 Å². The summed E-state index contributed by atoms with van der Waals surface area (Å²) >= 11 is -0.695. The van der Waals surface area contributed by atoms with Crippen molar-refractivity contribution in [1.82, 2.24) is 0 Å². The number of hydrogen-bond acceptors (Lipinski definition) is 9. The Morgan fingerprint density at radius 3 is 1.67 bits per heavy atom. The second kappa shape index (κ2) is 11.0. The molecule has 0 amide bonds. The van der Waals surface area contributed by atoms with E-state index in [0.29, 0.717) is 5.32 Å².